The van der Waals surface area contributed by atoms with Gasteiger partial charge in [0.25, 0.3) is 10.1 Å². The van der Waals surface area contributed by atoms with E-state index in [9.17, 15) is 18.0 Å². The number of aromatic nitrogens is 2. The number of H-pyrrole nitrogens is 2. The van der Waals surface area contributed by atoms with E-state index in [1.54, 1.807) is 0 Å². The second-order valence-electron chi connectivity index (χ2n) is 3.09. The monoisotopic (exact) mass is 282 g/mol. The Kier molecular flexibility index (Phi) is 4.47. The molecule has 0 unspecified atom stereocenters. The minimum Gasteiger partial charge on any atom is -1.00 e. The molecule has 0 amide bonds. The largest absolute Gasteiger partial charge is 1.00 e. The first-order valence-electron chi connectivity index (χ1n) is 4.12. The third kappa shape index (κ3) is 3.13. The predicted molar refractivity (Wildman–Crippen MR) is 56.1 cm³/mol. The Balaban J connectivity index is 0.00000144. The number of hydrogen-bond acceptors (Lipinski definition) is 4. The molecule has 1 heterocycles. The van der Waals surface area contributed by atoms with E-state index in [1.165, 1.54) is 6.07 Å². The molecule has 1 aromatic heterocycles. The second-order valence-corrected chi connectivity index (χ2v) is 4.51. The van der Waals surface area contributed by atoms with E-state index in [4.69, 9.17) is 4.55 Å². The van der Waals surface area contributed by atoms with Crippen LogP contribution in [0.5, 0.6) is 0 Å². The van der Waals surface area contributed by atoms with Crippen molar-refractivity contribution in [3.63, 3.8) is 0 Å². The van der Waals surface area contributed by atoms with Crippen molar-refractivity contribution in [3.8, 4) is 0 Å². The van der Waals surface area contributed by atoms with Gasteiger partial charge in [0.1, 0.15) is 0 Å². The Morgan fingerprint density at radius 2 is 1.59 bits per heavy atom. The Bertz CT molecular complexity index is 782. The molecule has 0 bridgehead atoms. The zero-order chi connectivity index (χ0) is 11.9. The van der Waals surface area contributed by atoms with Gasteiger partial charge < -0.3 is 11.4 Å². The molecule has 0 aliphatic carbocycles. The van der Waals surface area contributed by atoms with Crippen molar-refractivity contribution in [2.24, 2.45) is 0 Å². The minimum atomic E-state index is -4.33. The SMILES string of the molecule is O=c1[nH]c2ccc(S(=O)(=O)O)cc2[nH]c1=O.[H-].[K+]. The van der Waals surface area contributed by atoms with Crippen LogP contribution in [0.3, 0.4) is 0 Å². The van der Waals surface area contributed by atoms with E-state index in [1.807, 2.05) is 0 Å². The summed E-state index contributed by atoms with van der Waals surface area (Å²) >= 11 is 0. The van der Waals surface area contributed by atoms with Gasteiger partial charge in [-0.05, 0) is 18.2 Å². The van der Waals surface area contributed by atoms with Gasteiger partial charge in [-0.3, -0.25) is 14.1 Å². The summed E-state index contributed by atoms with van der Waals surface area (Å²) in [7, 11) is -4.33. The third-order valence-corrected chi connectivity index (χ3v) is 2.84. The van der Waals surface area contributed by atoms with Crippen LogP contribution in [-0.4, -0.2) is 22.9 Å². The van der Waals surface area contributed by atoms with Crippen molar-refractivity contribution in [1.29, 1.82) is 0 Å². The number of benzene rings is 1. The zero-order valence-electron chi connectivity index (χ0n) is 9.72. The molecule has 0 aliphatic rings. The average Bonchev–Trinajstić information content (AvgIpc) is 2.17. The fraction of sp³-hybridized carbons (Fsp3) is 0. The maximum absolute atomic E-state index is 11.0. The average molecular weight is 282 g/mol. The number of fused-ring (bicyclic) bond motifs is 1. The van der Waals surface area contributed by atoms with Gasteiger partial charge in [-0.25, -0.2) is 0 Å². The topological polar surface area (TPSA) is 120 Å². The second kappa shape index (κ2) is 5.14. The van der Waals surface area contributed by atoms with E-state index in [2.05, 4.69) is 9.97 Å². The molecule has 0 saturated carbocycles. The smallest absolute Gasteiger partial charge is 1.00 e. The van der Waals surface area contributed by atoms with Gasteiger partial charge in [-0.1, -0.05) is 0 Å². The Labute approximate surface area is 139 Å². The Hall–Kier alpha value is -0.294. The zero-order valence-corrected chi connectivity index (χ0v) is 12.7. The standard InChI is InChI=1S/C8H6N2O5S.K.H/c11-7-8(12)10-6-3-4(16(13,14)15)1-2-5(6)9-7;;/h1-3H,(H,9,11)(H,10,12)(H,13,14,15);;/q;+1;-1. The summed E-state index contributed by atoms with van der Waals surface area (Å²) in [4.78, 5) is 26.0. The molecule has 0 atom stereocenters. The van der Waals surface area contributed by atoms with Gasteiger partial charge in [0.05, 0.1) is 15.9 Å². The van der Waals surface area contributed by atoms with Gasteiger partial charge in [0.2, 0.25) is 0 Å². The molecule has 0 spiro atoms. The number of hydrogen-bond donors (Lipinski definition) is 3. The molecule has 0 saturated heterocycles. The van der Waals surface area contributed by atoms with Crippen LogP contribution < -0.4 is 62.5 Å². The van der Waals surface area contributed by atoms with Crippen molar-refractivity contribution in [2.75, 3.05) is 0 Å². The van der Waals surface area contributed by atoms with Crippen LogP contribution in [-0.2, 0) is 10.1 Å². The van der Waals surface area contributed by atoms with E-state index in [0.717, 1.165) is 12.1 Å². The summed E-state index contributed by atoms with van der Waals surface area (Å²) in [5, 5.41) is 0. The van der Waals surface area contributed by atoms with Crippen molar-refractivity contribution in [2.45, 2.75) is 4.90 Å². The Morgan fingerprint density at radius 1 is 1.06 bits per heavy atom. The first-order chi connectivity index (χ1) is 7.38. The fourth-order valence-electron chi connectivity index (χ4n) is 1.25. The summed E-state index contributed by atoms with van der Waals surface area (Å²) in [5.74, 6) is 0. The normalized spacial score (nSPS) is 11.1. The molecule has 17 heavy (non-hydrogen) atoms. The molecule has 0 fully saturated rings. The molecule has 1 aromatic carbocycles. The predicted octanol–water partition coefficient (Wildman–Crippen LogP) is -3.42. The van der Waals surface area contributed by atoms with Crippen molar-refractivity contribution < 1.29 is 65.8 Å². The molecule has 86 valence electrons. The van der Waals surface area contributed by atoms with Gasteiger partial charge in [-0.2, -0.15) is 8.42 Å². The van der Waals surface area contributed by atoms with Crippen LogP contribution >= 0.6 is 0 Å². The maximum Gasteiger partial charge on any atom is 1.00 e. The third-order valence-electron chi connectivity index (χ3n) is 1.99. The van der Waals surface area contributed by atoms with E-state index < -0.39 is 21.2 Å². The van der Waals surface area contributed by atoms with Gasteiger partial charge in [0.15, 0.2) is 0 Å². The number of rotatable bonds is 1. The van der Waals surface area contributed by atoms with Crippen LogP contribution in [0.4, 0.5) is 0 Å². The Morgan fingerprint density at radius 3 is 2.12 bits per heavy atom. The first kappa shape index (κ1) is 14.8. The minimum absolute atomic E-state index is 0. The molecular formula is C8H7KN2O5S. The maximum atomic E-state index is 11.0. The van der Waals surface area contributed by atoms with E-state index in [0.29, 0.717) is 0 Å². The van der Waals surface area contributed by atoms with Crippen molar-refractivity contribution in [1.82, 2.24) is 9.97 Å². The van der Waals surface area contributed by atoms with Gasteiger partial charge in [-0.15, -0.1) is 0 Å². The number of aromatic amines is 2. The van der Waals surface area contributed by atoms with Crippen molar-refractivity contribution in [3.05, 3.63) is 38.9 Å². The van der Waals surface area contributed by atoms with Gasteiger partial charge >= 0.3 is 62.5 Å². The molecule has 2 aromatic rings. The van der Waals surface area contributed by atoms with Crippen LogP contribution in [0.1, 0.15) is 1.43 Å². The molecule has 7 nitrogen and oxygen atoms in total. The van der Waals surface area contributed by atoms with Crippen molar-refractivity contribution >= 4 is 21.2 Å². The van der Waals surface area contributed by atoms with Crippen LogP contribution in [0, 0.1) is 0 Å². The molecule has 0 radical (unpaired) electrons. The summed E-state index contributed by atoms with van der Waals surface area (Å²) in [6.07, 6.45) is 0. The molecular weight excluding hydrogens is 275 g/mol. The molecule has 3 N–H and O–H groups in total. The first-order valence-corrected chi connectivity index (χ1v) is 5.56. The summed E-state index contributed by atoms with van der Waals surface area (Å²) in [6.45, 7) is 0. The summed E-state index contributed by atoms with van der Waals surface area (Å²) in [6, 6.07) is 3.45. The molecule has 2 rings (SSSR count). The van der Waals surface area contributed by atoms with Crippen LogP contribution in [0.25, 0.3) is 11.0 Å². The summed E-state index contributed by atoms with van der Waals surface area (Å²) < 4.78 is 30.4. The van der Waals surface area contributed by atoms with Crippen LogP contribution in [0.2, 0.25) is 0 Å². The molecule has 9 heteroatoms. The quantitative estimate of drug-likeness (QED) is 0.286. The number of nitrogens with one attached hydrogen (secondary N) is 2. The molecule has 0 aliphatic heterocycles. The fourth-order valence-corrected chi connectivity index (χ4v) is 1.76. The van der Waals surface area contributed by atoms with E-state index in [-0.39, 0.29) is 68.7 Å². The van der Waals surface area contributed by atoms with Gasteiger partial charge in [0, 0.05) is 0 Å². The van der Waals surface area contributed by atoms with E-state index >= 15 is 0 Å². The summed E-state index contributed by atoms with van der Waals surface area (Å²) in [5.41, 5.74) is -1.32. The van der Waals surface area contributed by atoms with Crippen LogP contribution in [0.15, 0.2) is 32.7 Å².